The average molecular weight is 212 g/mol. The summed E-state index contributed by atoms with van der Waals surface area (Å²) in [7, 11) is 0. The minimum atomic E-state index is 0.659. The van der Waals surface area contributed by atoms with E-state index in [4.69, 9.17) is 0 Å². The molecule has 0 radical (unpaired) electrons. The molecule has 15 heavy (non-hydrogen) atoms. The monoisotopic (exact) mass is 212 g/mol. The summed E-state index contributed by atoms with van der Waals surface area (Å²) in [6.07, 6.45) is 2.59. The molecule has 0 amide bonds. The van der Waals surface area contributed by atoms with Gasteiger partial charge < -0.3 is 5.32 Å². The molecule has 3 atom stereocenters. The summed E-state index contributed by atoms with van der Waals surface area (Å²) in [6.45, 7) is 14.0. The third kappa shape index (κ3) is 3.76. The summed E-state index contributed by atoms with van der Waals surface area (Å²) in [4.78, 5) is 2.57. The molecule has 1 saturated heterocycles. The topological polar surface area (TPSA) is 15.3 Å². The van der Waals surface area contributed by atoms with Gasteiger partial charge >= 0.3 is 0 Å². The molecule has 0 aromatic rings. The lowest BCUT2D eigenvalue weighted by atomic mass is 10.00. The summed E-state index contributed by atoms with van der Waals surface area (Å²) >= 11 is 0. The molecule has 1 rings (SSSR count). The fraction of sp³-hybridized carbons (Fsp3) is 1.00. The Morgan fingerprint density at radius 1 is 1.27 bits per heavy atom. The lowest BCUT2D eigenvalue weighted by molar-refractivity contribution is 0.260. The molecule has 90 valence electrons. The second kappa shape index (κ2) is 5.86. The van der Waals surface area contributed by atoms with Crippen LogP contribution in [0.5, 0.6) is 0 Å². The molecule has 0 aromatic carbocycles. The van der Waals surface area contributed by atoms with Crippen LogP contribution in [0.2, 0.25) is 0 Å². The maximum absolute atomic E-state index is 3.77. The molecular formula is C13H28N2. The quantitative estimate of drug-likeness (QED) is 0.753. The van der Waals surface area contributed by atoms with Crippen LogP contribution in [-0.2, 0) is 0 Å². The number of hydrogen-bond donors (Lipinski definition) is 1. The smallest absolute Gasteiger partial charge is 0.0209 e. The Hall–Kier alpha value is -0.0800. The van der Waals surface area contributed by atoms with Gasteiger partial charge in [-0.25, -0.2) is 0 Å². The molecule has 1 aliphatic rings. The fourth-order valence-electron chi connectivity index (χ4n) is 2.28. The first-order valence-corrected chi connectivity index (χ1v) is 6.54. The van der Waals surface area contributed by atoms with Gasteiger partial charge in [-0.1, -0.05) is 20.3 Å². The lowest BCUT2D eigenvalue weighted by Gasteiger charge is -2.25. The summed E-state index contributed by atoms with van der Waals surface area (Å²) in [5.74, 6) is 0.790. The summed E-state index contributed by atoms with van der Waals surface area (Å²) < 4.78 is 0. The third-order valence-electron chi connectivity index (χ3n) is 3.95. The van der Waals surface area contributed by atoms with Crippen molar-refractivity contribution in [3.63, 3.8) is 0 Å². The van der Waals surface area contributed by atoms with Crippen molar-refractivity contribution in [1.29, 1.82) is 0 Å². The fourth-order valence-corrected chi connectivity index (χ4v) is 2.28. The van der Waals surface area contributed by atoms with Crippen molar-refractivity contribution in [3.8, 4) is 0 Å². The molecule has 2 heteroatoms. The molecule has 0 bridgehead atoms. The predicted molar refractivity (Wildman–Crippen MR) is 67.2 cm³/mol. The maximum Gasteiger partial charge on any atom is 0.0209 e. The van der Waals surface area contributed by atoms with Gasteiger partial charge in [0.1, 0.15) is 0 Å². The van der Waals surface area contributed by atoms with Crippen molar-refractivity contribution in [2.24, 2.45) is 5.92 Å². The lowest BCUT2D eigenvalue weighted by Crippen LogP contribution is -2.42. The van der Waals surface area contributed by atoms with E-state index in [0.29, 0.717) is 12.1 Å². The van der Waals surface area contributed by atoms with Crippen molar-refractivity contribution in [3.05, 3.63) is 0 Å². The zero-order valence-corrected chi connectivity index (χ0v) is 11.1. The van der Waals surface area contributed by atoms with Gasteiger partial charge in [0.2, 0.25) is 0 Å². The average Bonchev–Trinajstić information content (AvgIpc) is 2.65. The van der Waals surface area contributed by atoms with E-state index in [1.54, 1.807) is 0 Å². The Balaban J connectivity index is 2.29. The second-order valence-corrected chi connectivity index (χ2v) is 5.42. The Morgan fingerprint density at radius 3 is 2.40 bits per heavy atom. The SMILES string of the molecule is CCC(C)C(C)NC1CCN(C(C)C)C1. The molecule has 1 fully saturated rings. The molecule has 0 spiro atoms. The van der Waals surface area contributed by atoms with Crippen LogP contribution < -0.4 is 5.32 Å². The van der Waals surface area contributed by atoms with E-state index in [0.717, 1.165) is 12.0 Å². The van der Waals surface area contributed by atoms with Crippen LogP contribution in [0.4, 0.5) is 0 Å². The molecule has 1 heterocycles. The molecule has 1 N–H and O–H groups in total. The molecule has 0 aliphatic carbocycles. The van der Waals surface area contributed by atoms with Gasteiger partial charge in [-0.15, -0.1) is 0 Å². The summed E-state index contributed by atoms with van der Waals surface area (Å²) in [6, 6.07) is 2.08. The number of hydrogen-bond acceptors (Lipinski definition) is 2. The van der Waals surface area contributed by atoms with E-state index in [1.165, 1.54) is 25.9 Å². The van der Waals surface area contributed by atoms with Crippen molar-refractivity contribution in [2.75, 3.05) is 13.1 Å². The van der Waals surface area contributed by atoms with Crippen LogP contribution in [0, 0.1) is 5.92 Å². The first-order chi connectivity index (χ1) is 7.04. The van der Waals surface area contributed by atoms with Crippen LogP contribution in [0.1, 0.15) is 47.5 Å². The standard InChI is InChI=1S/C13H28N2/c1-6-11(4)12(5)14-13-7-8-15(9-13)10(2)3/h10-14H,6-9H2,1-5H3. The van der Waals surface area contributed by atoms with E-state index in [2.05, 4.69) is 44.8 Å². The Kier molecular flexibility index (Phi) is 5.07. The van der Waals surface area contributed by atoms with E-state index in [-0.39, 0.29) is 0 Å². The summed E-state index contributed by atoms with van der Waals surface area (Å²) in [5, 5.41) is 3.77. The third-order valence-corrected chi connectivity index (χ3v) is 3.95. The second-order valence-electron chi connectivity index (χ2n) is 5.42. The van der Waals surface area contributed by atoms with Crippen molar-refractivity contribution in [2.45, 2.75) is 65.6 Å². The highest BCUT2D eigenvalue weighted by Crippen LogP contribution is 2.15. The van der Waals surface area contributed by atoms with Crippen LogP contribution in [0.25, 0.3) is 0 Å². The zero-order chi connectivity index (χ0) is 11.4. The molecule has 0 aromatic heterocycles. The van der Waals surface area contributed by atoms with Crippen LogP contribution in [0.15, 0.2) is 0 Å². The number of nitrogens with one attached hydrogen (secondary N) is 1. The largest absolute Gasteiger partial charge is 0.310 e. The number of likely N-dealkylation sites (tertiary alicyclic amines) is 1. The van der Waals surface area contributed by atoms with Crippen LogP contribution in [0.3, 0.4) is 0 Å². The van der Waals surface area contributed by atoms with Gasteiger partial charge in [-0.2, -0.15) is 0 Å². The Labute approximate surface area is 95.4 Å². The highest BCUT2D eigenvalue weighted by Gasteiger charge is 2.25. The van der Waals surface area contributed by atoms with Crippen molar-refractivity contribution in [1.82, 2.24) is 10.2 Å². The minimum absolute atomic E-state index is 0.659. The Bertz CT molecular complexity index is 179. The normalized spacial score (nSPS) is 27.2. The first-order valence-electron chi connectivity index (χ1n) is 6.54. The zero-order valence-electron chi connectivity index (χ0n) is 11.1. The number of rotatable bonds is 5. The first kappa shape index (κ1) is 13.0. The van der Waals surface area contributed by atoms with E-state index >= 15 is 0 Å². The van der Waals surface area contributed by atoms with Gasteiger partial charge in [-0.05, 0) is 39.7 Å². The summed E-state index contributed by atoms with van der Waals surface area (Å²) in [5.41, 5.74) is 0. The van der Waals surface area contributed by atoms with Gasteiger partial charge in [0, 0.05) is 24.7 Å². The van der Waals surface area contributed by atoms with E-state index < -0.39 is 0 Å². The number of nitrogens with zero attached hydrogens (tertiary/aromatic N) is 1. The van der Waals surface area contributed by atoms with Gasteiger partial charge in [0.25, 0.3) is 0 Å². The highest BCUT2D eigenvalue weighted by molar-refractivity contribution is 4.85. The van der Waals surface area contributed by atoms with Crippen molar-refractivity contribution >= 4 is 0 Å². The molecule has 1 aliphatic heterocycles. The molecule has 2 nitrogen and oxygen atoms in total. The molecule has 3 unspecified atom stereocenters. The van der Waals surface area contributed by atoms with Crippen LogP contribution in [-0.4, -0.2) is 36.1 Å². The molecular weight excluding hydrogens is 184 g/mol. The molecule has 0 saturated carbocycles. The Morgan fingerprint density at radius 2 is 1.93 bits per heavy atom. The van der Waals surface area contributed by atoms with Gasteiger partial charge in [-0.3, -0.25) is 4.90 Å². The van der Waals surface area contributed by atoms with E-state index in [1.807, 2.05) is 0 Å². The minimum Gasteiger partial charge on any atom is -0.310 e. The van der Waals surface area contributed by atoms with Crippen LogP contribution >= 0.6 is 0 Å². The van der Waals surface area contributed by atoms with Gasteiger partial charge in [0.15, 0.2) is 0 Å². The highest BCUT2D eigenvalue weighted by atomic mass is 15.2. The van der Waals surface area contributed by atoms with E-state index in [9.17, 15) is 0 Å². The van der Waals surface area contributed by atoms with Gasteiger partial charge in [0.05, 0.1) is 0 Å². The maximum atomic E-state index is 3.77. The predicted octanol–water partition coefficient (Wildman–Crippen LogP) is 2.49. The van der Waals surface area contributed by atoms with Crippen molar-refractivity contribution < 1.29 is 0 Å².